The normalized spacial score (nSPS) is 9.25. The third kappa shape index (κ3) is 3.53. The van der Waals surface area contributed by atoms with E-state index in [1.54, 1.807) is 24.5 Å². The average molecular weight is 219 g/mol. The molecule has 0 amide bonds. The zero-order chi connectivity index (χ0) is 11.8. The molecule has 0 fully saturated rings. The Kier molecular flexibility index (Phi) is 4.72. The molecule has 1 radical (unpaired) electrons. The van der Waals surface area contributed by atoms with E-state index < -0.39 is 0 Å². The van der Waals surface area contributed by atoms with Gasteiger partial charge < -0.3 is 20.2 Å². The van der Waals surface area contributed by atoms with Gasteiger partial charge in [0.25, 0.3) is 0 Å². The Morgan fingerprint density at radius 1 is 1.00 bits per heavy atom. The maximum atomic E-state index is 10.5. The molecule has 1 rings (SSSR count). The highest BCUT2D eigenvalue weighted by Gasteiger charge is 2.00. The first kappa shape index (κ1) is 11.9. The summed E-state index contributed by atoms with van der Waals surface area (Å²) < 4.78 is 0. The van der Waals surface area contributed by atoms with Crippen LogP contribution in [0.2, 0.25) is 0 Å². The highest BCUT2D eigenvalue weighted by atomic mass is 16.1. The largest absolute Gasteiger partial charge is 0.378 e. The van der Waals surface area contributed by atoms with E-state index in [1.165, 1.54) is 0 Å². The SMILES string of the molecule is O=[C]c1cc(NCC=O)cc(NCC=O)c1. The van der Waals surface area contributed by atoms with Crippen LogP contribution in [0.1, 0.15) is 5.56 Å². The van der Waals surface area contributed by atoms with Gasteiger partial charge in [0.2, 0.25) is 6.29 Å². The molecule has 83 valence electrons. The topological polar surface area (TPSA) is 75.3 Å². The van der Waals surface area contributed by atoms with Gasteiger partial charge in [0.1, 0.15) is 12.6 Å². The van der Waals surface area contributed by atoms with Gasteiger partial charge in [0.15, 0.2) is 0 Å². The molecule has 0 unspecified atom stereocenters. The monoisotopic (exact) mass is 219 g/mol. The maximum Gasteiger partial charge on any atom is 0.233 e. The van der Waals surface area contributed by atoms with Crippen molar-refractivity contribution in [2.24, 2.45) is 0 Å². The van der Waals surface area contributed by atoms with Crippen LogP contribution in [0.4, 0.5) is 11.4 Å². The highest BCUT2D eigenvalue weighted by molar-refractivity contribution is 5.81. The Balaban J connectivity index is 2.86. The number of benzene rings is 1. The first-order chi connectivity index (χ1) is 7.80. The van der Waals surface area contributed by atoms with Crippen LogP contribution in [0.3, 0.4) is 0 Å². The first-order valence-electron chi connectivity index (χ1n) is 4.68. The van der Waals surface area contributed by atoms with E-state index in [2.05, 4.69) is 10.6 Å². The second-order valence-electron chi connectivity index (χ2n) is 3.00. The van der Waals surface area contributed by atoms with Crippen LogP contribution in [0, 0.1) is 0 Å². The molecule has 0 saturated carbocycles. The molecule has 1 aromatic rings. The van der Waals surface area contributed by atoms with Crippen molar-refractivity contribution in [3.8, 4) is 0 Å². The molecule has 0 aliphatic carbocycles. The van der Waals surface area contributed by atoms with Gasteiger partial charge in [0, 0.05) is 16.9 Å². The summed E-state index contributed by atoms with van der Waals surface area (Å²) in [4.78, 5) is 30.9. The lowest BCUT2D eigenvalue weighted by Gasteiger charge is -2.08. The Morgan fingerprint density at radius 2 is 1.50 bits per heavy atom. The van der Waals surface area contributed by atoms with Crippen LogP contribution in [0.15, 0.2) is 18.2 Å². The van der Waals surface area contributed by atoms with E-state index in [4.69, 9.17) is 0 Å². The van der Waals surface area contributed by atoms with Gasteiger partial charge in [-0.3, -0.25) is 4.79 Å². The van der Waals surface area contributed by atoms with Gasteiger partial charge in [-0.25, -0.2) is 0 Å². The molecule has 0 atom stereocenters. The van der Waals surface area contributed by atoms with E-state index in [9.17, 15) is 14.4 Å². The van der Waals surface area contributed by atoms with Gasteiger partial charge in [-0.15, -0.1) is 0 Å². The van der Waals surface area contributed by atoms with Gasteiger partial charge >= 0.3 is 0 Å². The molecule has 2 N–H and O–H groups in total. The molecule has 0 spiro atoms. The van der Waals surface area contributed by atoms with Crippen molar-refractivity contribution < 1.29 is 14.4 Å². The third-order valence-corrected chi connectivity index (χ3v) is 1.83. The van der Waals surface area contributed by atoms with Crippen molar-refractivity contribution in [1.29, 1.82) is 0 Å². The van der Waals surface area contributed by atoms with Crippen LogP contribution in [0.5, 0.6) is 0 Å². The zero-order valence-corrected chi connectivity index (χ0v) is 8.53. The number of rotatable bonds is 7. The van der Waals surface area contributed by atoms with Crippen molar-refractivity contribution in [1.82, 2.24) is 0 Å². The second-order valence-corrected chi connectivity index (χ2v) is 3.00. The van der Waals surface area contributed by atoms with Gasteiger partial charge in [-0.2, -0.15) is 0 Å². The van der Waals surface area contributed by atoms with Crippen molar-refractivity contribution in [3.05, 3.63) is 23.8 Å². The average Bonchev–Trinajstić information content (AvgIpc) is 2.33. The summed E-state index contributed by atoms with van der Waals surface area (Å²) in [5.74, 6) is 0. The molecule has 5 nitrogen and oxygen atoms in total. The molecule has 0 aromatic heterocycles. The van der Waals surface area contributed by atoms with Crippen molar-refractivity contribution in [2.75, 3.05) is 23.7 Å². The zero-order valence-electron chi connectivity index (χ0n) is 8.53. The molecule has 0 heterocycles. The van der Waals surface area contributed by atoms with Crippen LogP contribution in [0.25, 0.3) is 0 Å². The van der Waals surface area contributed by atoms with E-state index in [0.717, 1.165) is 12.6 Å². The minimum Gasteiger partial charge on any atom is -0.378 e. The number of nitrogens with one attached hydrogen (secondary N) is 2. The summed E-state index contributed by atoms with van der Waals surface area (Å²) in [6.45, 7) is 0.324. The molecule has 5 heteroatoms. The Labute approximate surface area is 92.8 Å². The lowest BCUT2D eigenvalue weighted by Crippen LogP contribution is -2.06. The van der Waals surface area contributed by atoms with Crippen LogP contribution in [-0.2, 0) is 14.4 Å². The summed E-state index contributed by atoms with van der Waals surface area (Å²) in [5, 5.41) is 5.62. The lowest BCUT2D eigenvalue weighted by molar-refractivity contribution is -0.107. The van der Waals surface area contributed by atoms with Crippen molar-refractivity contribution in [3.63, 3.8) is 0 Å². The highest BCUT2D eigenvalue weighted by Crippen LogP contribution is 2.17. The predicted octanol–water partition coefficient (Wildman–Crippen LogP) is 0.366. The maximum absolute atomic E-state index is 10.5. The smallest absolute Gasteiger partial charge is 0.233 e. The molecule has 16 heavy (non-hydrogen) atoms. The van der Waals surface area contributed by atoms with E-state index in [1.807, 2.05) is 0 Å². The third-order valence-electron chi connectivity index (χ3n) is 1.83. The minimum absolute atomic E-state index is 0.162. The summed E-state index contributed by atoms with van der Waals surface area (Å²) in [6.07, 6.45) is 3.19. The standard InChI is InChI=1S/C11H11N2O3/c14-3-1-12-10-5-9(8-16)6-11(7-10)13-2-4-15/h3-7,12-13H,1-2H2. The number of anilines is 2. The molecule has 0 saturated heterocycles. The molecule has 0 aliphatic heterocycles. The fourth-order valence-electron chi connectivity index (χ4n) is 1.21. The molecule has 0 aliphatic rings. The van der Waals surface area contributed by atoms with E-state index >= 15 is 0 Å². The fraction of sp³-hybridized carbons (Fsp3) is 0.182. The summed E-state index contributed by atoms with van der Waals surface area (Å²) in [5.41, 5.74) is 1.60. The molecule has 0 bridgehead atoms. The van der Waals surface area contributed by atoms with E-state index in [-0.39, 0.29) is 13.1 Å². The molecule has 1 aromatic carbocycles. The number of carbonyl (C=O) groups excluding carboxylic acids is 3. The lowest BCUT2D eigenvalue weighted by atomic mass is 10.2. The summed E-state index contributed by atoms with van der Waals surface area (Å²) >= 11 is 0. The molecular formula is C11H11N2O3. The number of hydrogen-bond donors (Lipinski definition) is 2. The van der Waals surface area contributed by atoms with Crippen molar-refractivity contribution >= 4 is 30.2 Å². The number of aldehydes is 2. The Bertz CT molecular complexity index is 361. The Hall–Kier alpha value is -2.17. The van der Waals surface area contributed by atoms with E-state index in [0.29, 0.717) is 16.9 Å². The Morgan fingerprint density at radius 3 is 1.88 bits per heavy atom. The van der Waals surface area contributed by atoms with Crippen LogP contribution >= 0.6 is 0 Å². The quantitative estimate of drug-likeness (QED) is 0.648. The van der Waals surface area contributed by atoms with Gasteiger partial charge in [-0.05, 0) is 18.2 Å². The van der Waals surface area contributed by atoms with Gasteiger partial charge in [-0.1, -0.05) is 0 Å². The van der Waals surface area contributed by atoms with Crippen LogP contribution < -0.4 is 10.6 Å². The number of hydrogen-bond acceptors (Lipinski definition) is 5. The fourth-order valence-corrected chi connectivity index (χ4v) is 1.21. The predicted molar refractivity (Wildman–Crippen MR) is 60.3 cm³/mol. The molecular weight excluding hydrogens is 208 g/mol. The first-order valence-corrected chi connectivity index (χ1v) is 4.68. The summed E-state index contributed by atoms with van der Waals surface area (Å²) in [7, 11) is 0. The van der Waals surface area contributed by atoms with Gasteiger partial charge in [0.05, 0.1) is 13.1 Å². The van der Waals surface area contributed by atoms with Crippen LogP contribution in [-0.4, -0.2) is 31.9 Å². The second kappa shape index (κ2) is 6.34. The van der Waals surface area contributed by atoms with Crippen molar-refractivity contribution in [2.45, 2.75) is 0 Å². The minimum atomic E-state index is 0.162. The summed E-state index contributed by atoms with van der Waals surface area (Å²) in [6, 6.07) is 4.85. The number of carbonyl (C=O) groups is 2.